The monoisotopic (exact) mass is 247 g/mol. The number of thiophene rings is 1. The molecule has 0 unspecified atom stereocenters. The van der Waals surface area contributed by atoms with Gasteiger partial charge in [-0.25, -0.2) is 4.98 Å². The van der Waals surface area contributed by atoms with E-state index in [4.69, 9.17) is 28.3 Å². The molecule has 74 valence electrons. The second-order valence-corrected chi connectivity index (χ2v) is 3.80. The molecular formula is C9H7Cl2NOS. The van der Waals surface area contributed by atoms with Crippen molar-refractivity contribution in [2.45, 2.75) is 0 Å². The molecule has 0 amide bonds. The number of nitrogens with zero attached hydrogens (tertiary/aromatic N) is 1. The Kier molecular flexibility index (Phi) is 4.73. The lowest BCUT2D eigenvalue weighted by molar-refractivity contribution is 0.478. The summed E-state index contributed by atoms with van der Waals surface area (Å²) in [5.74, 6) is 0.361. The van der Waals surface area contributed by atoms with Gasteiger partial charge < -0.3 is 5.11 Å². The Morgan fingerprint density at radius 3 is 2.36 bits per heavy atom. The SMILES string of the molecule is Clc1cccnc1Cl.Oc1ccsc1. The van der Waals surface area contributed by atoms with Crippen molar-refractivity contribution in [3.63, 3.8) is 0 Å². The minimum atomic E-state index is 0.356. The van der Waals surface area contributed by atoms with Crippen LogP contribution >= 0.6 is 34.5 Å². The van der Waals surface area contributed by atoms with E-state index in [0.29, 0.717) is 15.9 Å². The average molecular weight is 248 g/mol. The van der Waals surface area contributed by atoms with E-state index in [1.54, 1.807) is 29.8 Å². The molecule has 0 radical (unpaired) electrons. The maximum absolute atomic E-state index is 8.48. The summed E-state index contributed by atoms with van der Waals surface area (Å²) in [5, 5.41) is 12.8. The molecule has 1 N–H and O–H groups in total. The summed E-state index contributed by atoms with van der Waals surface area (Å²) in [6.07, 6.45) is 1.59. The zero-order chi connectivity index (χ0) is 10.4. The minimum Gasteiger partial charge on any atom is -0.507 e. The molecule has 2 rings (SSSR count). The maximum Gasteiger partial charge on any atom is 0.147 e. The van der Waals surface area contributed by atoms with E-state index >= 15 is 0 Å². The molecule has 2 heterocycles. The van der Waals surface area contributed by atoms with Gasteiger partial charge in [0.1, 0.15) is 10.9 Å². The smallest absolute Gasteiger partial charge is 0.147 e. The summed E-state index contributed by atoms with van der Waals surface area (Å²) in [6, 6.07) is 5.08. The zero-order valence-corrected chi connectivity index (χ0v) is 9.35. The third-order valence-electron chi connectivity index (χ3n) is 1.22. The Bertz CT molecular complexity index is 357. The highest BCUT2D eigenvalue weighted by atomic mass is 35.5. The quantitative estimate of drug-likeness (QED) is 0.718. The second kappa shape index (κ2) is 5.86. The molecule has 0 aliphatic heterocycles. The van der Waals surface area contributed by atoms with Crippen LogP contribution in [0.2, 0.25) is 10.2 Å². The van der Waals surface area contributed by atoms with Gasteiger partial charge >= 0.3 is 0 Å². The maximum atomic E-state index is 8.48. The summed E-state index contributed by atoms with van der Waals surface area (Å²) in [6.45, 7) is 0. The van der Waals surface area contributed by atoms with Crippen LogP contribution < -0.4 is 0 Å². The van der Waals surface area contributed by atoms with Crippen molar-refractivity contribution in [2.75, 3.05) is 0 Å². The first kappa shape index (κ1) is 11.3. The molecule has 0 saturated heterocycles. The molecule has 0 bridgehead atoms. The van der Waals surface area contributed by atoms with E-state index < -0.39 is 0 Å². The highest BCUT2D eigenvalue weighted by Crippen LogP contribution is 2.16. The first-order valence-electron chi connectivity index (χ1n) is 3.67. The zero-order valence-electron chi connectivity index (χ0n) is 7.02. The van der Waals surface area contributed by atoms with Crippen LogP contribution in [0.1, 0.15) is 0 Å². The summed E-state index contributed by atoms with van der Waals surface area (Å²) in [5.41, 5.74) is 0. The molecule has 0 spiro atoms. The van der Waals surface area contributed by atoms with E-state index in [1.165, 1.54) is 11.3 Å². The molecule has 2 nitrogen and oxygen atoms in total. The molecule has 0 atom stereocenters. The molecular weight excluding hydrogens is 241 g/mol. The number of rotatable bonds is 0. The van der Waals surface area contributed by atoms with Gasteiger partial charge in [-0.15, -0.1) is 11.3 Å². The molecule has 14 heavy (non-hydrogen) atoms. The Balaban J connectivity index is 0.000000146. The van der Waals surface area contributed by atoms with E-state index in [2.05, 4.69) is 4.98 Å². The average Bonchev–Trinajstić information content (AvgIpc) is 2.63. The third-order valence-corrected chi connectivity index (χ3v) is 2.59. The molecule has 2 aromatic heterocycles. The van der Waals surface area contributed by atoms with Crippen molar-refractivity contribution in [3.8, 4) is 5.75 Å². The summed E-state index contributed by atoms with van der Waals surface area (Å²) >= 11 is 12.5. The number of hydrogen-bond acceptors (Lipinski definition) is 3. The molecule has 0 fully saturated rings. The van der Waals surface area contributed by atoms with Crippen LogP contribution in [0, 0.1) is 0 Å². The fourth-order valence-corrected chi connectivity index (χ4v) is 1.38. The van der Waals surface area contributed by atoms with Crippen LogP contribution in [-0.4, -0.2) is 10.1 Å². The summed E-state index contributed by atoms with van der Waals surface area (Å²) in [4.78, 5) is 3.71. The summed E-state index contributed by atoms with van der Waals surface area (Å²) < 4.78 is 0. The largest absolute Gasteiger partial charge is 0.507 e. The number of hydrogen-bond donors (Lipinski definition) is 1. The van der Waals surface area contributed by atoms with Gasteiger partial charge in [-0.3, -0.25) is 0 Å². The van der Waals surface area contributed by atoms with Crippen LogP contribution in [-0.2, 0) is 0 Å². The molecule has 2 aromatic rings. The Morgan fingerprint density at radius 1 is 1.29 bits per heavy atom. The van der Waals surface area contributed by atoms with Gasteiger partial charge in [0.15, 0.2) is 0 Å². The van der Waals surface area contributed by atoms with Crippen LogP contribution in [0.5, 0.6) is 5.75 Å². The number of pyridine rings is 1. The summed E-state index contributed by atoms with van der Waals surface area (Å²) in [7, 11) is 0. The van der Waals surface area contributed by atoms with Crippen LogP contribution in [0.15, 0.2) is 35.2 Å². The van der Waals surface area contributed by atoms with Gasteiger partial charge in [-0.1, -0.05) is 23.2 Å². The van der Waals surface area contributed by atoms with Crippen LogP contribution in [0.25, 0.3) is 0 Å². The number of aromatic nitrogens is 1. The van der Waals surface area contributed by atoms with Crippen LogP contribution in [0.4, 0.5) is 0 Å². The highest BCUT2D eigenvalue weighted by Gasteiger charge is 1.91. The van der Waals surface area contributed by atoms with Gasteiger partial charge in [0.2, 0.25) is 0 Å². The van der Waals surface area contributed by atoms with Crippen molar-refractivity contribution in [2.24, 2.45) is 0 Å². The predicted molar refractivity (Wildman–Crippen MR) is 60.2 cm³/mol. The van der Waals surface area contributed by atoms with E-state index in [0.717, 1.165) is 0 Å². The molecule has 0 aromatic carbocycles. The Hall–Kier alpha value is -0.770. The van der Waals surface area contributed by atoms with Gasteiger partial charge in [0.25, 0.3) is 0 Å². The molecule has 0 saturated carbocycles. The number of aromatic hydroxyl groups is 1. The number of halogens is 2. The van der Waals surface area contributed by atoms with Crippen molar-refractivity contribution >= 4 is 34.5 Å². The van der Waals surface area contributed by atoms with Gasteiger partial charge in [-0.05, 0) is 23.6 Å². The molecule has 0 aliphatic carbocycles. The van der Waals surface area contributed by atoms with E-state index in [9.17, 15) is 0 Å². The topological polar surface area (TPSA) is 33.1 Å². The lowest BCUT2D eigenvalue weighted by Crippen LogP contribution is -1.70. The van der Waals surface area contributed by atoms with Crippen molar-refractivity contribution in [1.29, 1.82) is 0 Å². The van der Waals surface area contributed by atoms with Crippen molar-refractivity contribution in [1.82, 2.24) is 4.98 Å². The van der Waals surface area contributed by atoms with E-state index in [-0.39, 0.29) is 0 Å². The standard InChI is InChI=1S/C5H3Cl2N.C4H4OS/c6-4-2-1-3-8-5(4)7;5-4-1-2-6-3-4/h1-3H;1-3,5H. The predicted octanol–water partition coefficient (Wildman–Crippen LogP) is 3.84. The lowest BCUT2D eigenvalue weighted by atomic mass is 10.5. The first-order chi connectivity index (χ1) is 6.70. The minimum absolute atomic E-state index is 0.356. The molecule has 0 aliphatic rings. The van der Waals surface area contributed by atoms with Crippen LogP contribution in [0.3, 0.4) is 0 Å². The Labute approximate surface area is 95.8 Å². The van der Waals surface area contributed by atoms with Crippen molar-refractivity contribution in [3.05, 3.63) is 45.3 Å². The van der Waals surface area contributed by atoms with Gasteiger partial charge in [0.05, 0.1) is 5.02 Å². The first-order valence-corrected chi connectivity index (χ1v) is 5.37. The normalized spacial score (nSPS) is 9.00. The van der Waals surface area contributed by atoms with Crippen molar-refractivity contribution < 1.29 is 5.11 Å². The van der Waals surface area contributed by atoms with E-state index in [1.807, 2.05) is 5.38 Å². The van der Waals surface area contributed by atoms with Gasteiger partial charge in [0, 0.05) is 11.6 Å². The fraction of sp³-hybridized carbons (Fsp3) is 0. The molecule has 5 heteroatoms. The van der Waals surface area contributed by atoms with Gasteiger partial charge in [-0.2, -0.15) is 0 Å². The second-order valence-electron chi connectivity index (χ2n) is 2.26. The highest BCUT2D eigenvalue weighted by molar-refractivity contribution is 7.08. The third kappa shape index (κ3) is 3.96. The fourth-order valence-electron chi connectivity index (χ4n) is 0.624. The lowest BCUT2D eigenvalue weighted by Gasteiger charge is -1.87. The Morgan fingerprint density at radius 2 is 2.07 bits per heavy atom.